The van der Waals surface area contributed by atoms with Crippen molar-refractivity contribution in [3.8, 4) is 5.75 Å². The zero-order valence-electron chi connectivity index (χ0n) is 17.0. The number of rotatable bonds is 10. The van der Waals surface area contributed by atoms with Gasteiger partial charge >= 0.3 is 0 Å². The van der Waals surface area contributed by atoms with Crippen LogP contribution in [0.2, 0.25) is 0 Å². The van der Waals surface area contributed by atoms with Gasteiger partial charge < -0.3 is 25.0 Å². The zero-order valence-corrected chi connectivity index (χ0v) is 19.3. The molecule has 1 aromatic rings. The average Bonchev–Trinajstić information content (AvgIpc) is 2.60. The Morgan fingerprint density at radius 3 is 2.58 bits per heavy atom. The van der Waals surface area contributed by atoms with Gasteiger partial charge in [-0.3, -0.25) is 4.99 Å². The molecule has 0 amide bonds. The molecular formula is C19H35IN4O2. The number of hydrogen-bond acceptors (Lipinski definition) is 4. The van der Waals surface area contributed by atoms with Gasteiger partial charge in [0.05, 0.1) is 13.2 Å². The zero-order chi connectivity index (χ0) is 18.7. The summed E-state index contributed by atoms with van der Waals surface area (Å²) < 4.78 is 11.3. The first-order valence-corrected chi connectivity index (χ1v) is 8.84. The highest BCUT2D eigenvalue weighted by Crippen LogP contribution is 2.19. The fourth-order valence-corrected chi connectivity index (χ4v) is 2.49. The van der Waals surface area contributed by atoms with Crippen molar-refractivity contribution in [3.05, 3.63) is 29.3 Å². The average molecular weight is 478 g/mol. The van der Waals surface area contributed by atoms with Gasteiger partial charge in [-0.2, -0.15) is 0 Å². The van der Waals surface area contributed by atoms with E-state index >= 15 is 0 Å². The first kappa shape index (κ1) is 24.9. The number of hydrogen-bond donors (Lipinski definition) is 2. The monoisotopic (exact) mass is 478 g/mol. The van der Waals surface area contributed by atoms with Crippen molar-refractivity contribution in [1.29, 1.82) is 0 Å². The molecule has 26 heavy (non-hydrogen) atoms. The molecule has 0 aliphatic carbocycles. The van der Waals surface area contributed by atoms with Crippen molar-refractivity contribution in [2.45, 2.75) is 32.9 Å². The molecule has 1 unspecified atom stereocenters. The van der Waals surface area contributed by atoms with Gasteiger partial charge in [-0.1, -0.05) is 12.1 Å². The van der Waals surface area contributed by atoms with Crippen LogP contribution in [-0.4, -0.2) is 64.9 Å². The Labute approximate surface area is 175 Å². The highest BCUT2D eigenvalue weighted by molar-refractivity contribution is 14.0. The molecule has 2 N–H and O–H groups in total. The van der Waals surface area contributed by atoms with Crippen molar-refractivity contribution in [1.82, 2.24) is 15.5 Å². The van der Waals surface area contributed by atoms with Crippen LogP contribution in [0.15, 0.2) is 23.2 Å². The minimum absolute atomic E-state index is 0. The fourth-order valence-electron chi connectivity index (χ4n) is 2.49. The highest BCUT2D eigenvalue weighted by Gasteiger charge is 2.10. The van der Waals surface area contributed by atoms with E-state index in [0.717, 1.165) is 36.8 Å². The van der Waals surface area contributed by atoms with Crippen LogP contribution in [0.4, 0.5) is 0 Å². The molecule has 1 rings (SSSR count). The lowest BCUT2D eigenvalue weighted by atomic mass is 10.1. The quantitative estimate of drug-likeness (QED) is 0.308. The van der Waals surface area contributed by atoms with Crippen molar-refractivity contribution in [2.24, 2.45) is 4.99 Å². The third-order valence-corrected chi connectivity index (χ3v) is 3.91. The van der Waals surface area contributed by atoms with Crippen molar-refractivity contribution < 1.29 is 9.47 Å². The van der Waals surface area contributed by atoms with E-state index in [0.29, 0.717) is 13.2 Å². The summed E-state index contributed by atoms with van der Waals surface area (Å²) in [4.78, 5) is 6.46. The Morgan fingerprint density at radius 2 is 2.00 bits per heavy atom. The maximum absolute atomic E-state index is 5.81. The Hall–Kier alpha value is -1.06. The lowest BCUT2D eigenvalue weighted by Gasteiger charge is -2.21. The number of ether oxygens (including phenoxy) is 2. The SMILES string of the molecule is CCOC(CCN(C)C)CNC(=NC)NCc1ccc(C)cc1OC.I. The molecule has 0 aromatic heterocycles. The first-order chi connectivity index (χ1) is 12.0. The molecule has 6 nitrogen and oxygen atoms in total. The predicted molar refractivity (Wildman–Crippen MR) is 120 cm³/mol. The van der Waals surface area contributed by atoms with E-state index in [1.807, 2.05) is 13.0 Å². The number of halogens is 1. The van der Waals surface area contributed by atoms with E-state index in [1.165, 1.54) is 5.56 Å². The third kappa shape index (κ3) is 9.59. The number of guanidine groups is 1. The van der Waals surface area contributed by atoms with Crippen LogP contribution in [0.3, 0.4) is 0 Å². The van der Waals surface area contributed by atoms with Crippen molar-refractivity contribution in [2.75, 3.05) is 47.9 Å². The second-order valence-corrected chi connectivity index (χ2v) is 6.29. The number of methoxy groups -OCH3 is 1. The van der Waals surface area contributed by atoms with Crippen LogP contribution in [0.1, 0.15) is 24.5 Å². The molecular weight excluding hydrogens is 443 g/mol. The van der Waals surface area contributed by atoms with E-state index in [9.17, 15) is 0 Å². The largest absolute Gasteiger partial charge is 0.496 e. The van der Waals surface area contributed by atoms with Crippen LogP contribution in [0.5, 0.6) is 5.75 Å². The highest BCUT2D eigenvalue weighted by atomic mass is 127. The van der Waals surface area contributed by atoms with E-state index < -0.39 is 0 Å². The molecule has 7 heteroatoms. The normalized spacial score (nSPS) is 12.5. The second kappa shape index (κ2) is 14.1. The summed E-state index contributed by atoms with van der Waals surface area (Å²) in [5, 5.41) is 6.69. The Balaban J connectivity index is 0.00000625. The number of nitrogens with zero attached hydrogens (tertiary/aromatic N) is 2. The van der Waals surface area contributed by atoms with Crippen LogP contribution >= 0.6 is 24.0 Å². The third-order valence-electron chi connectivity index (χ3n) is 3.91. The van der Waals surface area contributed by atoms with Crippen molar-refractivity contribution in [3.63, 3.8) is 0 Å². The maximum atomic E-state index is 5.81. The van der Waals surface area contributed by atoms with Gasteiger partial charge in [0.15, 0.2) is 5.96 Å². The topological polar surface area (TPSA) is 58.1 Å². The van der Waals surface area contributed by atoms with Crippen LogP contribution < -0.4 is 15.4 Å². The lowest BCUT2D eigenvalue weighted by molar-refractivity contribution is 0.0548. The molecule has 0 saturated carbocycles. The minimum Gasteiger partial charge on any atom is -0.496 e. The van der Waals surface area contributed by atoms with Crippen molar-refractivity contribution >= 4 is 29.9 Å². The summed E-state index contributed by atoms with van der Waals surface area (Å²) in [6.07, 6.45) is 1.15. The molecule has 150 valence electrons. The summed E-state index contributed by atoms with van der Waals surface area (Å²) in [7, 11) is 7.62. The smallest absolute Gasteiger partial charge is 0.191 e. The molecule has 1 atom stereocenters. The van der Waals surface area contributed by atoms with Gasteiger partial charge in [0.1, 0.15) is 5.75 Å². The molecule has 0 heterocycles. The molecule has 0 aliphatic heterocycles. The Kier molecular flexibility index (Phi) is 13.5. The van der Waals surface area contributed by atoms with Gasteiger partial charge in [0.2, 0.25) is 0 Å². The van der Waals surface area contributed by atoms with E-state index in [1.54, 1.807) is 14.2 Å². The number of aryl methyl sites for hydroxylation is 1. The molecule has 0 saturated heterocycles. The van der Waals surface area contributed by atoms with E-state index in [-0.39, 0.29) is 30.1 Å². The molecule has 0 bridgehead atoms. The van der Waals surface area contributed by atoms with Gasteiger partial charge in [0.25, 0.3) is 0 Å². The standard InChI is InChI=1S/C19H34N4O2.HI/c1-7-25-17(10-11-23(4)5)14-22-19(20-3)21-13-16-9-8-15(2)12-18(16)24-6;/h8-9,12,17H,7,10-11,13-14H2,1-6H3,(H2,20,21,22);1H. The maximum Gasteiger partial charge on any atom is 0.191 e. The first-order valence-electron chi connectivity index (χ1n) is 8.84. The second-order valence-electron chi connectivity index (χ2n) is 6.29. The van der Waals surface area contributed by atoms with E-state index in [2.05, 4.69) is 53.7 Å². The van der Waals surface area contributed by atoms with Crippen LogP contribution in [-0.2, 0) is 11.3 Å². The minimum atomic E-state index is 0. The summed E-state index contributed by atoms with van der Waals surface area (Å²) in [6.45, 7) is 7.18. The summed E-state index contributed by atoms with van der Waals surface area (Å²) >= 11 is 0. The Bertz CT molecular complexity index is 538. The Morgan fingerprint density at radius 1 is 1.27 bits per heavy atom. The molecule has 1 aromatic carbocycles. The molecule has 0 radical (unpaired) electrons. The molecule has 0 aliphatic rings. The van der Waals surface area contributed by atoms with Gasteiger partial charge in [-0.05, 0) is 46.0 Å². The number of benzene rings is 1. The van der Waals surface area contributed by atoms with Crippen LogP contribution in [0, 0.1) is 6.92 Å². The number of aliphatic imine (C=N–C) groups is 1. The van der Waals surface area contributed by atoms with Gasteiger partial charge in [-0.15, -0.1) is 24.0 Å². The fraction of sp³-hybridized carbons (Fsp3) is 0.632. The van der Waals surface area contributed by atoms with Gasteiger partial charge in [0, 0.05) is 38.9 Å². The summed E-state index contributed by atoms with van der Waals surface area (Å²) in [6, 6.07) is 6.20. The molecule has 0 spiro atoms. The molecule has 0 fully saturated rings. The van der Waals surface area contributed by atoms with Crippen LogP contribution in [0.25, 0.3) is 0 Å². The van der Waals surface area contributed by atoms with E-state index in [4.69, 9.17) is 9.47 Å². The summed E-state index contributed by atoms with van der Waals surface area (Å²) in [5.74, 6) is 1.65. The lowest BCUT2D eigenvalue weighted by Crippen LogP contribution is -2.42. The number of nitrogens with one attached hydrogen (secondary N) is 2. The predicted octanol–water partition coefficient (Wildman–Crippen LogP) is 2.64. The van der Waals surface area contributed by atoms with Gasteiger partial charge in [-0.25, -0.2) is 0 Å². The summed E-state index contributed by atoms with van der Waals surface area (Å²) in [5.41, 5.74) is 2.29.